The van der Waals surface area contributed by atoms with Crippen LogP contribution in [0.1, 0.15) is 14.5 Å². The Bertz CT molecular complexity index is 424. The van der Waals surface area contributed by atoms with E-state index < -0.39 is 0 Å². The van der Waals surface area contributed by atoms with Gasteiger partial charge in [-0.05, 0) is 35.0 Å². The Labute approximate surface area is 90.3 Å². The van der Waals surface area contributed by atoms with E-state index in [4.69, 9.17) is 0 Å². The molecule has 2 aromatic heterocycles. The Hall–Kier alpha value is -1.19. The molecule has 0 atom stereocenters. The van der Waals surface area contributed by atoms with Crippen molar-refractivity contribution >= 4 is 34.5 Å². The van der Waals surface area contributed by atoms with E-state index in [1.165, 1.54) is 11.3 Å². The molecule has 0 aliphatic rings. The molecule has 0 saturated heterocycles. The van der Waals surface area contributed by atoms with Crippen LogP contribution in [0, 0.1) is 0 Å². The van der Waals surface area contributed by atoms with Crippen molar-refractivity contribution in [3.05, 3.63) is 50.9 Å². The fourth-order valence-electron chi connectivity index (χ4n) is 1.04. The fraction of sp³-hybridized carbons (Fsp3) is 0. The molecule has 0 aromatic carbocycles. The van der Waals surface area contributed by atoms with E-state index in [2.05, 4.69) is 0 Å². The molecule has 70 valence electrons. The van der Waals surface area contributed by atoms with Gasteiger partial charge in [-0.2, -0.15) is 0 Å². The molecular formula is C11H8OS2. The van der Waals surface area contributed by atoms with Gasteiger partial charge in [-0.1, -0.05) is 12.1 Å². The summed E-state index contributed by atoms with van der Waals surface area (Å²) in [4.78, 5) is 13.4. The Morgan fingerprint density at radius 3 is 2.57 bits per heavy atom. The van der Waals surface area contributed by atoms with Crippen molar-refractivity contribution < 1.29 is 4.79 Å². The van der Waals surface area contributed by atoms with Crippen molar-refractivity contribution in [2.24, 2.45) is 0 Å². The van der Waals surface area contributed by atoms with Crippen LogP contribution >= 0.6 is 22.7 Å². The van der Waals surface area contributed by atoms with E-state index in [0.29, 0.717) is 0 Å². The maximum Gasteiger partial charge on any atom is 0.195 e. The molecule has 0 fully saturated rings. The molecule has 2 aromatic rings. The van der Waals surface area contributed by atoms with Crippen molar-refractivity contribution in [2.45, 2.75) is 0 Å². The lowest BCUT2D eigenvalue weighted by Crippen LogP contribution is -1.87. The number of thiophene rings is 2. The zero-order valence-corrected chi connectivity index (χ0v) is 8.98. The molecule has 0 radical (unpaired) electrons. The first kappa shape index (κ1) is 9.37. The van der Waals surface area contributed by atoms with E-state index >= 15 is 0 Å². The Kier molecular flexibility index (Phi) is 2.91. The standard InChI is InChI=1S/C11H8OS2/c12-10(11-4-2-8-14-11)6-5-9-3-1-7-13-9/h1-8H/b6-5-. The quantitative estimate of drug-likeness (QED) is 0.569. The number of hydrogen-bond donors (Lipinski definition) is 0. The minimum atomic E-state index is 0.0772. The summed E-state index contributed by atoms with van der Waals surface area (Å²) in [5.74, 6) is 0.0772. The van der Waals surface area contributed by atoms with Gasteiger partial charge in [0.05, 0.1) is 4.88 Å². The second kappa shape index (κ2) is 4.35. The molecule has 3 heteroatoms. The van der Waals surface area contributed by atoms with Gasteiger partial charge in [-0.25, -0.2) is 0 Å². The largest absolute Gasteiger partial charge is 0.288 e. The Morgan fingerprint density at radius 1 is 1.14 bits per heavy atom. The lowest BCUT2D eigenvalue weighted by Gasteiger charge is -1.86. The smallest absolute Gasteiger partial charge is 0.195 e. The topological polar surface area (TPSA) is 17.1 Å². The van der Waals surface area contributed by atoms with E-state index in [1.807, 2.05) is 41.1 Å². The first-order valence-electron chi connectivity index (χ1n) is 4.16. The molecular weight excluding hydrogens is 212 g/mol. The monoisotopic (exact) mass is 220 g/mol. The molecule has 0 spiro atoms. The van der Waals surface area contributed by atoms with Crippen LogP contribution in [0.5, 0.6) is 0 Å². The molecule has 0 N–H and O–H groups in total. The predicted octanol–water partition coefficient (Wildman–Crippen LogP) is 3.71. The van der Waals surface area contributed by atoms with Crippen LogP contribution in [-0.4, -0.2) is 5.78 Å². The highest BCUT2D eigenvalue weighted by Crippen LogP contribution is 2.13. The van der Waals surface area contributed by atoms with E-state index in [0.717, 1.165) is 9.75 Å². The molecule has 2 rings (SSSR count). The zero-order valence-electron chi connectivity index (χ0n) is 7.34. The normalized spacial score (nSPS) is 10.9. The lowest BCUT2D eigenvalue weighted by atomic mass is 10.3. The zero-order chi connectivity index (χ0) is 9.80. The SMILES string of the molecule is O=C(/C=C\c1cccs1)c1cccs1. The fourth-order valence-corrected chi connectivity index (χ4v) is 2.31. The third-order valence-corrected chi connectivity index (χ3v) is 3.43. The van der Waals surface area contributed by atoms with Crippen molar-refractivity contribution in [2.75, 3.05) is 0 Å². The first-order chi connectivity index (χ1) is 6.86. The number of allylic oxidation sites excluding steroid dienone is 1. The number of ketones is 1. The Morgan fingerprint density at radius 2 is 1.93 bits per heavy atom. The molecule has 1 nitrogen and oxygen atoms in total. The molecule has 2 heterocycles. The van der Waals surface area contributed by atoms with Crippen molar-refractivity contribution in [3.8, 4) is 0 Å². The number of carbonyl (C=O) groups is 1. The molecule has 0 aliphatic carbocycles. The third kappa shape index (κ3) is 2.19. The maximum atomic E-state index is 11.5. The highest BCUT2D eigenvalue weighted by Gasteiger charge is 2.01. The Balaban J connectivity index is 2.09. The summed E-state index contributed by atoms with van der Waals surface area (Å²) in [5.41, 5.74) is 0. The van der Waals surface area contributed by atoms with Crippen LogP contribution in [0.15, 0.2) is 41.1 Å². The van der Waals surface area contributed by atoms with Gasteiger partial charge in [0.2, 0.25) is 0 Å². The first-order valence-corrected chi connectivity index (χ1v) is 5.91. The molecule has 0 aliphatic heterocycles. The number of hydrogen-bond acceptors (Lipinski definition) is 3. The number of carbonyl (C=O) groups excluding carboxylic acids is 1. The summed E-state index contributed by atoms with van der Waals surface area (Å²) < 4.78 is 0. The second-order valence-electron chi connectivity index (χ2n) is 2.69. The highest BCUT2D eigenvalue weighted by molar-refractivity contribution is 7.12. The van der Waals surface area contributed by atoms with E-state index in [9.17, 15) is 4.79 Å². The van der Waals surface area contributed by atoms with Gasteiger partial charge in [-0.15, -0.1) is 22.7 Å². The van der Waals surface area contributed by atoms with Crippen LogP contribution in [0.3, 0.4) is 0 Å². The third-order valence-electron chi connectivity index (χ3n) is 1.71. The van der Waals surface area contributed by atoms with E-state index in [-0.39, 0.29) is 5.78 Å². The minimum Gasteiger partial charge on any atom is -0.288 e. The van der Waals surface area contributed by atoms with Gasteiger partial charge >= 0.3 is 0 Å². The molecule has 0 unspecified atom stereocenters. The van der Waals surface area contributed by atoms with Crippen LogP contribution < -0.4 is 0 Å². The second-order valence-corrected chi connectivity index (χ2v) is 4.62. The average Bonchev–Trinajstić information content (AvgIpc) is 2.87. The summed E-state index contributed by atoms with van der Waals surface area (Å²) >= 11 is 3.10. The van der Waals surface area contributed by atoms with Gasteiger partial charge < -0.3 is 0 Å². The average molecular weight is 220 g/mol. The number of rotatable bonds is 3. The van der Waals surface area contributed by atoms with Crippen LogP contribution in [0.4, 0.5) is 0 Å². The summed E-state index contributed by atoms with van der Waals surface area (Å²) in [6.07, 6.45) is 3.48. The van der Waals surface area contributed by atoms with Crippen LogP contribution in [-0.2, 0) is 0 Å². The van der Waals surface area contributed by atoms with Gasteiger partial charge in [0, 0.05) is 4.88 Å². The maximum absolute atomic E-state index is 11.5. The lowest BCUT2D eigenvalue weighted by molar-refractivity contribution is 0.105. The van der Waals surface area contributed by atoms with Crippen molar-refractivity contribution in [1.82, 2.24) is 0 Å². The van der Waals surface area contributed by atoms with Gasteiger partial charge in [-0.3, -0.25) is 4.79 Å². The summed E-state index contributed by atoms with van der Waals surface area (Å²) in [7, 11) is 0. The van der Waals surface area contributed by atoms with Gasteiger partial charge in [0.15, 0.2) is 5.78 Å². The highest BCUT2D eigenvalue weighted by atomic mass is 32.1. The van der Waals surface area contributed by atoms with E-state index in [1.54, 1.807) is 17.4 Å². The van der Waals surface area contributed by atoms with Crippen LogP contribution in [0.2, 0.25) is 0 Å². The predicted molar refractivity (Wildman–Crippen MR) is 62.0 cm³/mol. The minimum absolute atomic E-state index is 0.0772. The summed E-state index contributed by atoms with van der Waals surface area (Å²) in [6.45, 7) is 0. The summed E-state index contributed by atoms with van der Waals surface area (Å²) in [5, 5.41) is 3.90. The van der Waals surface area contributed by atoms with Crippen molar-refractivity contribution in [1.29, 1.82) is 0 Å². The van der Waals surface area contributed by atoms with Crippen LogP contribution in [0.25, 0.3) is 6.08 Å². The molecule has 0 saturated carbocycles. The molecule has 14 heavy (non-hydrogen) atoms. The molecule has 0 amide bonds. The van der Waals surface area contributed by atoms with Crippen molar-refractivity contribution in [3.63, 3.8) is 0 Å². The molecule has 0 bridgehead atoms. The van der Waals surface area contributed by atoms with Gasteiger partial charge in [0.1, 0.15) is 0 Å². The van der Waals surface area contributed by atoms with Gasteiger partial charge in [0.25, 0.3) is 0 Å². The summed E-state index contributed by atoms with van der Waals surface area (Å²) in [6, 6.07) is 7.69.